The molecule has 22 heavy (non-hydrogen) atoms. The van der Waals surface area contributed by atoms with Gasteiger partial charge in [0.15, 0.2) is 4.77 Å². The summed E-state index contributed by atoms with van der Waals surface area (Å²) in [6.07, 6.45) is 0.254. The zero-order valence-corrected chi connectivity index (χ0v) is 13.9. The van der Waals surface area contributed by atoms with Crippen molar-refractivity contribution in [3.63, 3.8) is 0 Å². The van der Waals surface area contributed by atoms with Crippen LogP contribution < -0.4 is 10.9 Å². The van der Waals surface area contributed by atoms with E-state index in [0.29, 0.717) is 30.8 Å². The first kappa shape index (κ1) is 16.7. The standard InChI is InChI=1S/C14H22N4O3S/c1-14(2,3)21-13(20)15-5-7-18-6-4-9-10(8-18)16-12(22)17-11(9)19/h4-8H2,1-3H3,(H,15,20)(H2,16,17,19,22). The molecule has 0 aromatic carbocycles. The maximum atomic E-state index is 11.8. The molecule has 1 aliphatic heterocycles. The minimum Gasteiger partial charge on any atom is -0.444 e. The Bertz CT molecular complexity index is 659. The van der Waals surface area contributed by atoms with E-state index < -0.39 is 11.7 Å². The SMILES string of the molecule is CC(C)(C)OC(=O)NCCN1CCc2c([nH]c(=S)[nH]c2=O)C1. The molecule has 0 fully saturated rings. The molecule has 3 N–H and O–H groups in total. The van der Waals surface area contributed by atoms with E-state index in [-0.39, 0.29) is 5.56 Å². The molecule has 0 saturated heterocycles. The fraction of sp³-hybridized carbons (Fsp3) is 0.643. The highest BCUT2D eigenvalue weighted by atomic mass is 32.1. The smallest absolute Gasteiger partial charge is 0.407 e. The molecule has 122 valence electrons. The van der Waals surface area contributed by atoms with Crippen molar-refractivity contribution in [3.8, 4) is 0 Å². The van der Waals surface area contributed by atoms with Gasteiger partial charge in [0.1, 0.15) is 5.60 Å². The van der Waals surface area contributed by atoms with Gasteiger partial charge in [-0.2, -0.15) is 0 Å². The van der Waals surface area contributed by atoms with Gasteiger partial charge in [-0.1, -0.05) is 0 Å². The van der Waals surface area contributed by atoms with Gasteiger partial charge < -0.3 is 15.0 Å². The Hall–Kier alpha value is -1.67. The lowest BCUT2D eigenvalue weighted by molar-refractivity contribution is 0.0521. The number of nitrogens with zero attached hydrogens (tertiary/aromatic N) is 1. The molecular formula is C14H22N4O3S. The molecule has 0 atom stereocenters. The van der Waals surface area contributed by atoms with Crippen molar-refractivity contribution in [3.05, 3.63) is 26.4 Å². The van der Waals surface area contributed by atoms with Crippen LogP contribution >= 0.6 is 12.2 Å². The summed E-state index contributed by atoms with van der Waals surface area (Å²) in [5, 5.41) is 2.73. The molecule has 0 radical (unpaired) electrons. The lowest BCUT2D eigenvalue weighted by atomic mass is 10.1. The minimum atomic E-state index is -0.496. The Morgan fingerprint density at radius 3 is 2.82 bits per heavy atom. The van der Waals surface area contributed by atoms with Crippen LogP contribution in [0.5, 0.6) is 0 Å². The van der Waals surface area contributed by atoms with Crippen molar-refractivity contribution in [1.29, 1.82) is 0 Å². The van der Waals surface area contributed by atoms with Gasteiger partial charge in [-0.3, -0.25) is 14.7 Å². The summed E-state index contributed by atoms with van der Waals surface area (Å²) in [5.41, 5.74) is 1.02. The number of hydrogen-bond donors (Lipinski definition) is 3. The highest BCUT2D eigenvalue weighted by Crippen LogP contribution is 2.12. The Balaban J connectivity index is 1.85. The van der Waals surface area contributed by atoms with E-state index in [1.54, 1.807) is 0 Å². The zero-order chi connectivity index (χ0) is 16.3. The first-order chi connectivity index (χ1) is 10.2. The van der Waals surface area contributed by atoms with Gasteiger partial charge in [-0.25, -0.2) is 4.79 Å². The van der Waals surface area contributed by atoms with Crippen molar-refractivity contribution in [1.82, 2.24) is 20.2 Å². The predicted molar refractivity (Wildman–Crippen MR) is 85.5 cm³/mol. The molecule has 7 nitrogen and oxygen atoms in total. The Kier molecular flexibility index (Phi) is 5.02. The molecule has 1 aromatic heterocycles. The molecule has 0 aliphatic carbocycles. The van der Waals surface area contributed by atoms with E-state index in [4.69, 9.17) is 17.0 Å². The maximum Gasteiger partial charge on any atom is 0.407 e. The summed E-state index contributed by atoms with van der Waals surface area (Å²) in [5.74, 6) is 0. The molecule has 1 aliphatic rings. The van der Waals surface area contributed by atoms with Gasteiger partial charge in [0, 0.05) is 37.4 Å². The largest absolute Gasteiger partial charge is 0.444 e. The number of aromatic nitrogens is 2. The minimum absolute atomic E-state index is 0.106. The number of ether oxygens (including phenoxy) is 1. The summed E-state index contributed by atoms with van der Waals surface area (Å²) in [7, 11) is 0. The Morgan fingerprint density at radius 1 is 1.41 bits per heavy atom. The van der Waals surface area contributed by atoms with Crippen molar-refractivity contribution < 1.29 is 9.53 Å². The normalized spacial score (nSPS) is 15.2. The third-order valence-corrected chi connectivity index (χ3v) is 3.49. The van der Waals surface area contributed by atoms with Crippen LogP contribution in [0.1, 0.15) is 32.0 Å². The van der Waals surface area contributed by atoms with Crippen LogP contribution in [0.2, 0.25) is 0 Å². The average molecular weight is 326 g/mol. The highest BCUT2D eigenvalue weighted by Gasteiger charge is 2.20. The van der Waals surface area contributed by atoms with Crippen LogP contribution in [0, 0.1) is 4.77 Å². The third kappa shape index (κ3) is 4.67. The second-order valence-corrected chi connectivity index (χ2v) is 6.73. The van der Waals surface area contributed by atoms with Gasteiger partial charge in [-0.05, 0) is 39.4 Å². The number of amides is 1. The molecule has 0 saturated carbocycles. The quantitative estimate of drug-likeness (QED) is 0.729. The molecule has 0 bridgehead atoms. The Labute approximate surface area is 134 Å². The van der Waals surface area contributed by atoms with Crippen LogP contribution in [-0.4, -0.2) is 46.2 Å². The zero-order valence-electron chi connectivity index (χ0n) is 13.1. The number of fused-ring (bicyclic) bond motifs is 1. The monoisotopic (exact) mass is 326 g/mol. The van der Waals surface area contributed by atoms with Crippen LogP contribution in [0.15, 0.2) is 4.79 Å². The van der Waals surface area contributed by atoms with Crippen LogP contribution in [0.3, 0.4) is 0 Å². The van der Waals surface area contributed by atoms with E-state index in [1.165, 1.54) is 0 Å². The molecular weight excluding hydrogens is 304 g/mol. The highest BCUT2D eigenvalue weighted by molar-refractivity contribution is 7.71. The third-order valence-electron chi connectivity index (χ3n) is 3.29. The molecule has 2 rings (SSSR count). The summed E-state index contributed by atoms with van der Waals surface area (Å²) in [6, 6.07) is 0. The van der Waals surface area contributed by atoms with Gasteiger partial charge in [-0.15, -0.1) is 0 Å². The second kappa shape index (κ2) is 6.62. The topological polar surface area (TPSA) is 90.2 Å². The van der Waals surface area contributed by atoms with E-state index in [1.807, 2.05) is 20.8 Å². The van der Waals surface area contributed by atoms with Crippen LogP contribution in [-0.2, 0) is 17.7 Å². The molecule has 0 unspecified atom stereocenters. The first-order valence-corrected chi connectivity index (χ1v) is 7.69. The number of aromatic amines is 2. The summed E-state index contributed by atoms with van der Waals surface area (Å²) >= 11 is 4.99. The van der Waals surface area contributed by atoms with Crippen LogP contribution in [0.25, 0.3) is 0 Å². The first-order valence-electron chi connectivity index (χ1n) is 7.28. The van der Waals surface area contributed by atoms with Crippen molar-refractivity contribution in [2.24, 2.45) is 0 Å². The molecule has 1 amide bonds. The van der Waals surface area contributed by atoms with Crippen molar-refractivity contribution in [2.75, 3.05) is 19.6 Å². The number of hydrogen-bond acceptors (Lipinski definition) is 5. The molecule has 0 spiro atoms. The maximum absolute atomic E-state index is 11.8. The van der Waals surface area contributed by atoms with Gasteiger partial charge >= 0.3 is 6.09 Å². The number of alkyl carbamates (subject to hydrolysis) is 1. The van der Waals surface area contributed by atoms with E-state index in [2.05, 4.69) is 20.2 Å². The van der Waals surface area contributed by atoms with Gasteiger partial charge in [0.2, 0.25) is 0 Å². The van der Waals surface area contributed by atoms with Gasteiger partial charge in [0.05, 0.1) is 0 Å². The van der Waals surface area contributed by atoms with Gasteiger partial charge in [0.25, 0.3) is 5.56 Å². The number of rotatable bonds is 3. The van der Waals surface area contributed by atoms with E-state index in [0.717, 1.165) is 17.8 Å². The van der Waals surface area contributed by atoms with Crippen LogP contribution in [0.4, 0.5) is 4.79 Å². The average Bonchev–Trinajstić information content (AvgIpc) is 2.35. The van der Waals surface area contributed by atoms with Crippen molar-refractivity contribution >= 4 is 18.3 Å². The van der Waals surface area contributed by atoms with Crippen molar-refractivity contribution in [2.45, 2.75) is 39.3 Å². The number of H-pyrrole nitrogens is 2. The number of carbonyl (C=O) groups excluding carboxylic acids is 1. The van der Waals surface area contributed by atoms with E-state index >= 15 is 0 Å². The fourth-order valence-corrected chi connectivity index (χ4v) is 2.57. The summed E-state index contributed by atoms with van der Waals surface area (Å²) in [6.45, 7) is 8.06. The summed E-state index contributed by atoms with van der Waals surface area (Å²) < 4.78 is 5.53. The molecule has 8 heteroatoms. The van der Waals surface area contributed by atoms with E-state index in [9.17, 15) is 9.59 Å². The number of nitrogens with one attached hydrogen (secondary N) is 3. The molecule has 1 aromatic rings. The molecule has 2 heterocycles. The predicted octanol–water partition coefficient (Wildman–Crippen LogP) is 1.32. The summed E-state index contributed by atoms with van der Waals surface area (Å²) in [4.78, 5) is 31.2. The second-order valence-electron chi connectivity index (χ2n) is 6.32. The lowest BCUT2D eigenvalue weighted by Gasteiger charge is -2.28. The number of carbonyl (C=O) groups is 1. The fourth-order valence-electron chi connectivity index (χ4n) is 2.35. The lowest BCUT2D eigenvalue weighted by Crippen LogP contribution is -2.41. The Morgan fingerprint density at radius 2 is 2.14 bits per heavy atom.